The fraction of sp³-hybridized carbons (Fsp3) is 0.526. The first-order valence-electron chi connectivity index (χ1n) is 8.90. The van der Waals surface area contributed by atoms with Gasteiger partial charge in [-0.05, 0) is 38.8 Å². The summed E-state index contributed by atoms with van der Waals surface area (Å²) in [6, 6.07) is 6.33. The van der Waals surface area contributed by atoms with Crippen molar-refractivity contribution in [1.29, 1.82) is 0 Å². The first kappa shape index (κ1) is 19.1. The van der Waals surface area contributed by atoms with Crippen LogP contribution in [-0.2, 0) is 0 Å². The van der Waals surface area contributed by atoms with Crippen molar-refractivity contribution < 1.29 is 13.9 Å². The van der Waals surface area contributed by atoms with E-state index in [0.29, 0.717) is 6.42 Å². The number of aromatic nitrogens is 3. The molecule has 2 aromatic rings. The van der Waals surface area contributed by atoms with Crippen molar-refractivity contribution in [2.24, 2.45) is 5.92 Å². The smallest absolute Gasteiger partial charge is 0.336 e. The highest BCUT2D eigenvalue weighted by Gasteiger charge is 2.26. The molecular weight excluding hydrogens is 321 g/mol. The Hall–Kier alpha value is -2.24. The molecule has 2 rings (SSSR count). The van der Waals surface area contributed by atoms with Gasteiger partial charge in [0.05, 0.1) is 11.7 Å². The third kappa shape index (κ3) is 4.65. The Morgan fingerprint density at radius 3 is 2.60 bits per heavy atom. The third-order valence-corrected chi connectivity index (χ3v) is 4.00. The Morgan fingerprint density at radius 1 is 1.28 bits per heavy atom. The number of benzene rings is 1. The highest BCUT2D eigenvalue weighted by atomic mass is 19.1. The van der Waals surface area contributed by atoms with E-state index in [0.717, 1.165) is 19.3 Å². The molecule has 0 N–H and O–H groups in total. The predicted molar refractivity (Wildman–Crippen MR) is 95.1 cm³/mol. The minimum Gasteiger partial charge on any atom is -0.460 e. The van der Waals surface area contributed by atoms with E-state index in [4.69, 9.17) is 4.74 Å². The van der Waals surface area contributed by atoms with Crippen LogP contribution in [0.25, 0.3) is 11.4 Å². The van der Waals surface area contributed by atoms with E-state index in [-0.39, 0.29) is 35.3 Å². The van der Waals surface area contributed by atoms with Crippen molar-refractivity contribution in [3.05, 3.63) is 30.1 Å². The minimum atomic E-state index is -0.443. The van der Waals surface area contributed by atoms with E-state index in [1.807, 2.05) is 20.8 Å². The average molecular weight is 347 g/mol. The van der Waals surface area contributed by atoms with Crippen LogP contribution in [0.2, 0.25) is 0 Å². The quantitative estimate of drug-likeness (QED) is 0.693. The van der Waals surface area contributed by atoms with Crippen LogP contribution in [0.3, 0.4) is 0 Å². The van der Waals surface area contributed by atoms with Crippen LogP contribution in [0.15, 0.2) is 24.3 Å². The van der Waals surface area contributed by atoms with E-state index in [2.05, 4.69) is 17.0 Å². The number of rotatable bonds is 8. The van der Waals surface area contributed by atoms with Gasteiger partial charge >= 0.3 is 6.01 Å². The van der Waals surface area contributed by atoms with Gasteiger partial charge in [0, 0.05) is 5.92 Å². The molecule has 1 atom stereocenters. The van der Waals surface area contributed by atoms with Gasteiger partial charge in [0.15, 0.2) is 5.82 Å². The third-order valence-electron chi connectivity index (χ3n) is 4.00. The zero-order chi connectivity index (χ0) is 18.4. The number of carbonyl (C=O) groups is 1. The Balaban J connectivity index is 2.46. The summed E-state index contributed by atoms with van der Waals surface area (Å²) in [7, 11) is 0. The van der Waals surface area contributed by atoms with Gasteiger partial charge in [-0.2, -0.15) is 9.67 Å². The molecule has 0 aliphatic rings. The van der Waals surface area contributed by atoms with Crippen LogP contribution in [0.4, 0.5) is 4.39 Å². The van der Waals surface area contributed by atoms with Gasteiger partial charge in [-0.15, -0.1) is 5.10 Å². The van der Waals surface area contributed by atoms with Crippen molar-refractivity contribution in [3.63, 3.8) is 0 Å². The molecule has 5 nitrogen and oxygen atoms in total. The monoisotopic (exact) mass is 347 g/mol. The molecule has 25 heavy (non-hydrogen) atoms. The van der Waals surface area contributed by atoms with Gasteiger partial charge in [-0.25, -0.2) is 4.39 Å². The van der Waals surface area contributed by atoms with E-state index in [1.165, 1.54) is 10.7 Å². The molecule has 0 aliphatic heterocycles. The summed E-state index contributed by atoms with van der Waals surface area (Å²) in [6.45, 7) is 7.76. The SMILES string of the molecule is CCCCC(CC)C(=O)n1nc(OC(C)C)nc1-c1ccccc1F. The zero-order valence-electron chi connectivity index (χ0n) is 15.3. The lowest BCUT2D eigenvalue weighted by Gasteiger charge is -2.14. The molecule has 136 valence electrons. The zero-order valence-corrected chi connectivity index (χ0v) is 15.3. The standard InChI is InChI=1S/C19H26FN3O2/c1-5-7-10-14(6-2)18(24)23-17(15-11-8-9-12-16(15)20)21-19(22-23)25-13(3)4/h8-9,11-14H,5-7,10H2,1-4H3. The fourth-order valence-corrected chi connectivity index (χ4v) is 2.65. The van der Waals surface area contributed by atoms with E-state index in [9.17, 15) is 9.18 Å². The van der Waals surface area contributed by atoms with Crippen molar-refractivity contribution >= 4 is 5.91 Å². The summed E-state index contributed by atoms with van der Waals surface area (Å²) in [6.07, 6.45) is 3.33. The molecule has 1 unspecified atom stereocenters. The van der Waals surface area contributed by atoms with E-state index in [1.54, 1.807) is 18.2 Å². The number of carbonyl (C=O) groups excluding carboxylic acids is 1. The summed E-state index contributed by atoms with van der Waals surface area (Å²) in [4.78, 5) is 17.2. The predicted octanol–water partition coefficient (Wildman–Crippen LogP) is 4.73. The van der Waals surface area contributed by atoms with Gasteiger partial charge in [-0.1, -0.05) is 38.8 Å². The van der Waals surface area contributed by atoms with Crippen LogP contribution in [0.5, 0.6) is 6.01 Å². The molecular formula is C19H26FN3O2. The van der Waals surface area contributed by atoms with E-state index < -0.39 is 5.82 Å². The molecule has 0 spiro atoms. The Bertz CT molecular complexity index is 712. The molecule has 1 aromatic carbocycles. The maximum atomic E-state index is 14.2. The Labute approximate surface area is 148 Å². The van der Waals surface area contributed by atoms with E-state index >= 15 is 0 Å². The second-order valence-electron chi connectivity index (χ2n) is 6.36. The topological polar surface area (TPSA) is 57.0 Å². The number of halogens is 1. The normalized spacial score (nSPS) is 12.4. The van der Waals surface area contributed by atoms with Gasteiger partial charge in [0.1, 0.15) is 5.82 Å². The summed E-state index contributed by atoms with van der Waals surface area (Å²) in [5.41, 5.74) is 0.243. The molecule has 0 saturated carbocycles. The van der Waals surface area contributed by atoms with Crippen LogP contribution in [-0.4, -0.2) is 26.8 Å². The molecule has 0 bridgehead atoms. The molecule has 1 aromatic heterocycles. The van der Waals surface area contributed by atoms with Gasteiger partial charge in [0.2, 0.25) is 0 Å². The molecule has 6 heteroatoms. The Kier molecular flexibility index (Phi) is 6.67. The van der Waals surface area contributed by atoms with Gasteiger partial charge in [0.25, 0.3) is 5.91 Å². The maximum absolute atomic E-state index is 14.2. The van der Waals surface area contributed by atoms with Crippen LogP contribution >= 0.6 is 0 Å². The highest BCUT2D eigenvalue weighted by molar-refractivity contribution is 5.84. The summed E-state index contributed by atoms with van der Waals surface area (Å²) in [5, 5.41) is 4.21. The minimum absolute atomic E-state index is 0.0898. The molecule has 0 amide bonds. The molecule has 0 aliphatic carbocycles. The first-order chi connectivity index (χ1) is 12.0. The molecule has 0 saturated heterocycles. The second-order valence-corrected chi connectivity index (χ2v) is 6.36. The largest absolute Gasteiger partial charge is 0.460 e. The van der Waals surface area contributed by atoms with Crippen molar-refractivity contribution in [1.82, 2.24) is 14.8 Å². The van der Waals surface area contributed by atoms with Crippen molar-refractivity contribution in [2.75, 3.05) is 0 Å². The number of hydrogen-bond acceptors (Lipinski definition) is 4. The Morgan fingerprint density at radius 2 is 2.00 bits per heavy atom. The van der Waals surface area contributed by atoms with Crippen molar-refractivity contribution in [2.45, 2.75) is 59.5 Å². The number of hydrogen-bond donors (Lipinski definition) is 0. The van der Waals surface area contributed by atoms with Crippen molar-refractivity contribution in [3.8, 4) is 17.4 Å². The molecule has 0 fully saturated rings. The van der Waals surface area contributed by atoms with Crippen LogP contribution in [0.1, 0.15) is 58.2 Å². The van der Waals surface area contributed by atoms with Gasteiger partial charge < -0.3 is 4.74 Å². The average Bonchev–Trinajstić information content (AvgIpc) is 2.98. The number of ether oxygens (including phenoxy) is 1. The maximum Gasteiger partial charge on any atom is 0.336 e. The number of unbranched alkanes of at least 4 members (excludes halogenated alkanes) is 1. The molecule has 1 heterocycles. The highest BCUT2D eigenvalue weighted by Crippen LogP contribution is 2.25. The fourth-order valence-electron chi connectivity index (χ4n) is 2.65. The lowest BCUT2D eigenvalue weighted by atomic mass is 9.98. The summed E-state index contributed by atoms with van der Waals surface area (Å²) in [5.74, 6) is -0.588. The molecule has 0 radical (unpaired) electrons. The number of nitrogens with zero attached hydrogens (tertiary/aromatic N) is 3. The summed E-state index contributed by atoms with van der Waals surface area (Å²) >= 11 is 0. The second kappa shape index (κ2) is 8.74. The summed E-state index contributed by atoms with van der Waals surface area (Å²) < 4.78 is 21.0. The van der Waals surface area contributed by atoms with Crippen LogP contribution < -0.4 is 4.74 Å². The lowest BCUT2D eigenvalue weighted by molar-refractivity contribution is 0.0803. The van der Waals surface area contributed by atoms with Crippen LogP contribution in [0, 0.1) is 11.7 Å². The van der Waals surface area contributed by atoms with Gasteiger partial charge in [-0.3, -0.25) is 4.79 Å². The first-order valence-corrected chi connectivity index (χ1v) is 8.90. The lowest BCUT2D eigenvalue weighted by Crippen LogP contribution is -2.23.